The fourth-order valence-electron chi connectivity index (χ4n) is 1.70. The van der Waals surface area contributed by atoms with Crippen LogP contribution in [-0.2, 0) is 6.61 Å². The van der Waals surface area contributed by atoms with Crippen molar-refractivity contribution in [3.63, 3.8) is 0 Å². The molecule has 0 aromatic heterocycles. The van der Waals surface area contributed by atoms with E-state index < -0.39 is 5.82 Å². The van der Waals surface area contributed by atoms with Crippen molar-refractivity contribution in [1.82, 2.24) is 0 Å². The van der Waals surface area contributed by atoms with E-state index in [4.69, 9.17) is 15.2 Å². The van der Waals surface area contributed by atoms with Gasteiger partial charge < -0.3 is 15.2 Å². The summed E-state index contributed by atoms with van der Waals surface area (Å²) < 4.78 is 24.5. The Labute approximate surface area is 119 Å². The topological polar surface area (TPSA) is 44.5 Å². The molecule has 0 radical (unpaired) electrons. The summed E-state index contributed by atoms with van der Waals surface area (Å²) in [4.78, 5) is 0. The molecule has 0 aliphatic rings. The van der Waals surface area contributed by atoms with Crippen LogP contribution in [0.2, 0.25) is 0 Å². The molecule has 0 atom stereocenters. The number of hydrogen-bond donors (Lipinski definition) is 1. The Morgan fingerprint density at radius 2 is 2.00 bits per heavy atom. The number of ether oxygens (including phenoxy) is 2. The lowest BCUT2D eigenvalue weighted by Crippen LogP contribution is -2.02. The van der Waals surface area contributed by atoms with Gasteiger partial charge in [0.05, 0.1) is 17.3 Å². The van der Waals surface area contributed by atoms with Crippen LogP contribution in [0.3, 0.4) is 0 Å². The number of anilines is 1. The number of para-hydroxylation sites is 1. The minimum absolute atomic E-state index is 0.252. The predicted octanol–water partition coefficient (Wildman–Crippen LogP) is 3.76. The highest BCUT2D eigenvalue weighted by molar-refractivity contribution is 9.10. The highest BCUT2D eigenvalue weighted by Crippen LogP contribution is 2.33. The Balaban J connectivity index is 2.19. The Kier molecular flexibility index (Phi) is 4.27. The van der Waals surface area contributed by atoms with Crippen molar-refractivity contribution in [3.05, 3.63) is 52.3 Å². The summed E-state index contributed by atoms with van der Waals surface area (Å²) in [7, 11) is 1.60. The quantitative estimate of drug-likeness (QED) is 0.870. The van der Waals surface area contributed by atoms with Crippen molar-refractivity contribution >= 4 is 21.6 Å². The maximum Gasteiger partial charge on any atom is 0.157 e. The Morgan fingerprint density at radius 1 is 1.26 bits per heavy atom. The molecule has 100 valence electrons. The van der Waals surface area contributed by atoms with Gasteiger partial charge in [-0.15, -0.1) is 0 Å². The van der Waals surface area contributed by atoms with Crippen molar-refractivity contribution in [3.8, 4) is 11.5 Å². The zero-order valence-corrected chi connectivity index (χ0v) is 11.9. The summed E-state index contributed by atoms with van der Waals surface area (Å²) >= 11 is 3.23. The number of nitrogens with two attached hydrogens (primary N) is 1. The molecule has 0 saturated carbocycles. The summed E-state index contributed by atoms with van der Waals surface area (Å²) in [5.74, 6) is 0.751. The van der Waals surface area contributed by atoms with Gasteiger partial charge in [-0.3, -0.25) is 0 Å². The van der Waals surface area contributed by atoms with Crippen LogP contribution in [0.15, 0.2) is 40.9 Å². The molecule has 2 N–H and O–H groups in total. The van der Waals surface area contributed by atoms with Gasteiger partial charge in [0.25, 0.3) is 0 Å². The highest BCUT2D eigenvalue weighted by Gasteiger charge is 2.10. The zero-order valence-electron chi connectivity index (χ0n) is 10.3. The Morgan fingerprint density at radius 3 is 2.68 bits per heavy atom. The molecule has 0 saturated heterocycles. The van der Waals surface area contributed by atoms with Crippen LogP contribution in [-0.4, -0.2) is 7.11 Å². The van der Waals surface area contributed by atoms with Crippen LogP contribution >= 0.6 is 15.9 Å². The third kappa shape index (κ3) is 3.17. The van der Waals surface area contributed by atoms with E-state index in [0.29, 0.717) is 16.8 Å². The standard InChI is InChI=1S/C14H13BrFNO2/c1-18-13-5-3-2-4-9(13)8-19-14-11(15)6-10(16)7-12(14)17/h2-7H,8,17H2,1H3. The maximum atomic E-state index is 13.1. The van der Waals surface area contributed by atoms with Gasteiger partial charge in [-0.1, -0.05) is 18.2 Å². The normalized spacial score (nSPS) is 10.3. The first-order chi connectivity index (χ1) is 9.11. The minimum Gasteiger partial charge on any atom is -0.496 e. The molecule has 0 amide bonds. The first-order valence-corrected chi connectivity index (χ1v) is 6.40. The molecule has 0 fully saturated rings. The second-order valence-corrected chi connectivity index (χ2v) is 4.76. The van der Waals surface area contributed by atoms with Crippen LogP contribution in [0.4, 0.5) is 10.1 Å². The number of nitrogen functional groups attached to an aromatic ring is 1. The van der Waals surface area contributed by atoms with E-state index in [1.54, 1.807) is 7.11 Å². The second-order valence-electron chi connectivity index (χ2n) is 3.91. The number of benzene rings is 2. The highest BCUT2D eigenvalue weighted by atomic mass is 79.9. The van der Waals surface area contributed by atoms with Crippen LogP contribution in [0.5, 0.6) is 11.5 Å². The van der Waals surface area contributed by atoms with Gasteiger partial charge in [0, 0.05) is 11.6 Å². The van der Waals surface area contributed by atoms with E-state index in [9.17, 15) is 4.39 Å². The van der Waals surface area contributed by atoms with Crippen molar-refractivity contribution in [2.24, 2.45) is 0 Å². The fourth-order valence-corrected chi connectivity index (χ4v) is 2.27. The summed E-state index contributed by atoms with van der Waals surface area (Å²) in [5, 5.41) is 0. The summed E-state index contributed by atoms with van der Waals surface area (Å²) in [6.45, 7) is 0.290. The average molecular weight is 326 g/mol. The lowest BCUT2D eigenvalue weighted by atomic mass is 10.2. The second kappa shape index (κ2) is 5.93. The van der Waals surface area contributed by atoms with Crippen LogP contribution in [0.1, 0.15) is 5.56 Å². The van der Waals surface area contributed by atoms with E-state index in [1.165, 1.54) is 12.1 Å². The third-order valence-electron chi connectivity index (χ3n) is 2.60. The van der Waals surface area contributed by atoms with E-state index in [-0.39, 0.29) is 5.69 Å². The van der Waals surface area contributed by atoms with E-state index >= 15 is 0 Å². The fraction of sp³-hybridized carbons (Fsp3) is 0.143. The molecule has 3 nitrogen and oxygen atoms in total. The largest absolute Gasteiger partial charge is 0.496 e. The zero-order chi connectivity index (χ0) is 13.8. The molecule has 0 unspecified atom stereocenters. The average Bonchev–Trinajstić information content (AvgIpc) is 2.38. The van der Waals surface area contributed by atoms with E-state index in [2.05, 4.69) is 15.9 Å². The molecule has 2 aromatic carbocycles. The molecular weight excluding hydrogens is 313 g/mol. The van der Waals surface area contributed by atoms with Crippen LogP contribution in [0, 0.1) is 5.82 Å². The first-order valence-electron chi connectivity index (χ1n) is 5.61. The number of hydrogen-bond acceptors (Lipinski definition) is 3. The van der Waals surface area contributed by atoms with Gasteiger partial charge in [0.1, 0.15) is 18.2 Å². The molecule has 0 heterocycles. The molecular formula is C14H13BrFNO2. The summed E-state index contributed by atoms with van der Waals surface area (Å²) in [6.07, 6.45) is 0. The SMILES string of the molecule is COc1ccccc1COc1c(N)cc(F)cc1Br. The molecule has 19 heavy (non-hydrogen) atoms. The Hall–Kier alpha value is -1.75. The van der Waals surface area contributed by atoms with Crippen molar-refractivity contribution in [1.29, 1.82) is 0 Å². The predicted molar refractivity (Wildman–Crippen MR) is 75.8 cm³/mol. The van der Waals surface area contributed by atoms with Crippen LogP contribution in [0.25, 0.3) is 0 Å². The first kappa shape index (κ1) is 13.7. The molecule has 2 rings (SSSR count). The number of methoxy groups -OCH3 is 1. The summed E-state index contributed by atoms with van der Waals surface area (Å²) in [5.41, 5.74) is 6.87. The number of rotatable bonds is 4. The van der Waals surface area contributed by atoms with Gasteiger partial charge in [-0.25, -0.2) is 4.39 Å². The molecule has 0 bridgehead atoms. The van der Waals surface area contributed by atoms with E-state index in [0.717, 1.165) is 11.3 Å². The third-order valence-corrected chi connectivity index (χ3v) is 3.19. The minimum atomic E-state index is -0.408. The lowest BCUT2D eigenvalue weighted by molar-refractivity contribution is 0.296. The number of halogens is 2. The van der Waals surface area contributed by atoms with Crippen molar-refractivity contribution in [2.75, 3.05) is 12.8 Å². The molecule has 0 aliphatic heterocycles. The monoisotopic (exact) mass is 325 g/mol. The van der Waals surface area contributed by atoms with Crippen LogP contribution < -0.4 is 15.2 Å². The van der Waals surface area contributed by atoms with E-state index in [1.807, 2.05) is 24.3 Å². The molecule has 2 aromatic rings. The summed E-state index contributed by atoms with van der Waals surface area (Å²) in [6, 6.07) is 10.1. The molecule has 0 spiro atoms. The maximum absolute atomic E-state index is 13.1. The van der Waals surface area contributed by atoms with Crippen molar-refractivity contribution in [2.45, 2.75) is 6.61 Å². The van der Waals surface area contributed by atoms with Gasteiger partial charge in [0.2, 0.25) is 0 Å². The van der Waals surface area contributed by atoms with Gasteiger partial charge >= 0.3 is 0 Å². The lowest BCUT2D eigenvalue weighted by Gasteiger charge is -2.13. The molecule has 0 aliphatic carbocycles. The van der Waals surface area contributed by atoms with Crippen molar-refractivity contribution < 1.29 is 13.9 Å². The van der Waals surface area contributed by atoms with Gasteiger partial charge in [0.15, 0.2) is 5.75 Å². The Bertz CT molecular complexity index is 566. The smallest absolute Gasteiger partial charge is 0.157 e. The molecule has 5 heteroatoms. The van der Waals surface area contributed by atoms with Gasteiger partial charge in [-0.05, 0) is 28.1 Å². The van der Waals surface area contributed by atoms with Gasteiger partial charge in [-0.2, -0.15) is 0 Å².